The second kappa shape index (κ2) is 7.43. The molecule has 0 fully saturated rings. The van der Waals surface area contributed by atoms with Crippen LogP contribution in [0.4, 0.5) is 5.69 Å². The van der Waals surface area contributed by atoms with E-state index < -0.39 is 0 Å². The van der Waals surface area contributed by atoms with Gasteiger partial charge in [0.25, 0.3) is 0 Å². The lowest BCUT2D eigenvalue weighted by Gasteiger charge is -2.20. The minimum Gasteiger partial charge on any atom is -0.378 e. The summed E-state index contributed by atoms with van der Waals surface area (Å²) in [5.41, 5.74) is 4.70. The summed E-state index contributed by atoms with van der Waals surface area (Å²) >= 11 is 0. The van der Waals surface area contributed by atoms with E-state index in [1.807, 2.05) is 27.1 Å². The molecule has 1 heterocycles. The first-order chi connectivity index (χ1) is 12.1. The van der Waals surface area contributed by atoms with Crippen molar-refractivity contribution in [3.63, 3.8) is 0 Å². The highest BCUT2D eigenvalue weighted by Crippen LogP contribution is 2.31. The summed E-state index contributed by atoms with van der Waals surface area (Å²) in [5, 5.41) is 4.26. The number of carbonyl (C=O) groups excluding carboxylic acids is 1. The van der Waals surface area contributed by atoms with Gasteiger partial charge in [0.15, 0.2) is 0 Å². The van der Waals surface area contributed by atoms with Gasteiger partial charge in [-0.05, 0) is 29.3 Å². The summed E-state index contributed by atoms with van der Waals surface area (Å²) < 4.78 is 0. The molecule has 3 aromatic rings. The van der Waals surface area contributed by atoms with Gasteiger partial charge >= 0.3 is 0 Å². The zero-order chi connectivity index (χ0) is 17.8. The Bertz CT molecular complexity index is 849. The molecule has 1 unspecified atom stereocenters. The van der Waals surface area contributed by atoms with E-state index in [0.717, 1.165) is 5.52 Å². The highest BCUT2D eigenvalue weighted by atomic mass is 16.1. The maximum absolute atomic E-state index is 11.8. The van der Waals surface area contributed by atoms with Gasteiger partial charge in [-0.3, -0.25) is 4.79 Å². The van der Waals surface area contributed by atoms with Crippen molar-refractivity contribution in [3.8, 4) is 0 Å². The number of fused-ring (bicyclic) bond motifs is 1. The predicted octanol–water partition coefficient (Wildman–Crippen LogP) is 3.89. The lowest BCUT2D eigenvalue weighted by Crippen LogP contribution is -2.28. The SMILES string of the molecule is CCC(=O)NCC(c1ccc(N(C)C)cc1)c1c[nH]c2ccccc12. The van der Waals surface area contributed by atoms with Gasteiger partial charge in [-0.2, -0.15) is 0 Å². The fourth-order valence-corrected chi connectivity index (χ4v) is 3.14. The summed E-state index contributed by atoms with van der Waals surface area (Å²) in [7, 11) is 4.07. The Morgan fingerprint density at radius 1 is 1.12 bits per heavy atom. The number of anilines is 1. The Morgan fingerprint density at radius 3 is 2.52 bits per heavy atom. The molecule has 1 aromatic heterocycles. The van der Waals surface area contributed by atoms with Crippen LogP contribution in [0.3, 0.4) is 0 Å². The molecule has 2 aromatic carbocycles. The predicted molar refractivity (Wildman–Crippen MR) is 104 cm³/mol. The average Bonchev–Trinajstić information content (AvgIpc) is 3.06. The van der Waals surface area contributed by atoms with Crippen molar-refractivity contribution in [3.05, 3.63) is 65.9 Å². The van der Waals surface area contributed by atoms with Crippen LogP contribution in [0.25, 0.3) is 10.9 Å². The summed E-state index contributed by atoms with van der Waals surface area (Å²) in [4.78, 5) is 17.2. The largest absolute Gasteiger partial charge is 0.378 e. The molecule has 0 aliphatic rings. The Labute approximate surface area is 148 Å². The highest BCUT2D eigenvalue weighted by molar-refractivity contribution is 5.84. The summed E-state index contributed by atoms with van der Waals surface area (Å²) in [6.07, 6.45) is 2.56. The Balaban J connectivity index is 1.98. The number of para-hydroxylation sites is 1. The van der Waals surface area contributed by atoms with Crippen LogP contribution < -0.4 is 10.2 Å². The van der Waals surface area contributed by atoms with Crippen LogP contribution in [0.1, 0.15) is 30.4 Å². The maximum atomic E-state index is 11.8. The smallest absolute Gasteiger partial charge is 0.219 e. The zero-order valence-electron chi connectivity index (χ0n) is 15.0. The topological polar surface area (TPSA) is 48.1 Å². The van der Waals surface area contributed by atoms with E-state index in [2.05, 4.69) is 63.9 Å². The highest BCUT2D eigenvalue weighted by Gasteiger charge is 2.19. The van der Waals surface area contributed by atoms with Gasteiger partial charge in [-0.1, -0.05) is 37.3 Å². The van der Waals surface area contributed by atoms with Gasteiger partial charge in [0.2, 0.25) is 5.91 Å². The summed E-state index contributed by atoms with van der Waals surface area (Å²) in [5.74, 6) is 0.192. The van der Waals surface area contributed by atoms with E-state index in [4.69, 9.17) is 0 Å². The third-order valence-corrected chi connectivity index (χ3v) is 4.63. The normalized spacial score (nSPS) is 12.1. The van der Waals surface area contributed by atoms with Crippen LogP contribution >= 0.6 is 0 Å². The molecular weight excluding hydrogens is 310 g/mol. The van der Waals surface area contributed by atoms with E-state index in [-0.39, 0.29) is 11.8 Å². The van der Waals surface area contributed by atoms with E-state index in [0.29, 0.717) is 13.0 Å². The van der Waals surface area contributed by atoms with Crippen molar-refractivity contribution < 1.29 is 4.79 Å². The molecule has 0 bridgehead atoms. The molecule has 1 atom stereocenters. The van der Waals surface area contributed by atoms with Crippen LogP contribution in [-0.2, 0) is 4.79 Å². The average molecular weight is 335 g/mol. The van der Waals surface area contributed by atoms with Crippen molar-refractivity contribution in [2.75, 3.05) is 25.5 Å². The molecule has 4 heteroatoms. The fraction of sp³-hybridized carbons (Fsp3) is 0.286. The molecule has 0 aliphatic heterocycles. The third kappa shape index (κ3) is 3.68. The quantitative estimate of drug-likeness (QED) is 0.718. The van der Waals surface area contributed by atoms with Gasteiger partial charge in [-0.25, -0.2) is 0 Å². The van der Waals surface area contributed by atoms with Gasteiger partial charge in [-0.15, -0.1) is 0 Å². The fourth-order valence-electron chi connectivity index (χ4n) is 3.14. The maximum Gasteiger partial charge on any atom is 0.219 e. The van der Waals surface area contributed by atoms with Crippen LogP contribution in [0, 0.1) is 0 Å². The van der Waals surface area contributed by atoms with E-state index in [1.165, 1.54) is 22.2 Å². The van der Waals surface area contributed by atoms with Crippen molar-refractivity contribution >= 4 is 22.5 Å². The molecule has 0 saturated heterocycles. The molecule has 2 N–H and O–H groups in total. The summed E-state index contributed by atoms with van der Waals surface area (Å²) in [6, 6.07) is 16.8. The van der Waals surface area contributed by atoms with Gasteiger partial charge < -0.3 is 15.2 Å². The number of rotatable bonds is 6. The monoisotopic (exact) mass is 335 g/mol. The number of hydrogen-bond acceptors (Lipinski definition) is 2. The third-order valence-electron chi connectivity index (χ3n) is 4.63. The molecule has 25 heavy (non-hydrogen) atoms. The molecule has 0 aliphatic carbocycles. The Kier molecular flexibility index (Phi) is 5.08. The van der Waals surface area contributed by atoms with E-state index in [9.17, 15) is 4.79 Å². The minimum atomic E-state index is 0.0785. The van der Waals surface area contributed by atoms with Gasteiger partial charge in [0.05, 0.1) is 0 Å². The van der Waals surface area contributed by atoms with E-state index in [1.54, 1.807) is 0 Å². The number of H-pyrrole nitrogens is 1. The van der Waals surface area contributed by atoms with Crippen LogP contribution in [0.2, 0.25) is 0 Å². The molecule has 0 radical (unpaired) electrons. The zero-order valence-corrected chi connectivity index (χ0v) is 15.0. The molecule has 1 amide bonds. The number of benzene rings is 2. The number of carbonyl (C=O) groups is 1. The molecule has 0 saturated carbocycles. The first-order valence-electron chi connectivity index (χ1n) is 8.70. The lowest BCUT2D eigenvalue weighted by atomic mass is 9.90. The number of nitrogens with zero attached hydrogens (tertiary/aromatic N) is 1. The second-order valence-corrected chi connectivity index (χ2v) is 6.49. The van der Waals surface area contributed by atoms with Crippen molar-refractivity contribution in [1.82, 2.24) is 10.3 Å². The molecule has 130 valence electrons. The van der Waals surface area contributed by atoms with E-state index >= 15 is 0 Å². The van der Waals surface area contributed by atoms with Gasteiger partial charge in [0, 0.05) is 55.8 Å². The van der Waals surface area contributed by atoms with Crippen LogP contribution in [-0.4, -0.2) is 31.5 Å². The number of nitrogens with one attached hydrogen (secondary N) is 2. The molecular formula is C21H25N3O. The number of aromatic amines is 1. The standard InChI is InChI=1S/C21H25N3O/c1-4-21(25)23-13-18(15-9-11-16(12-10-15)24(2)3)19-14-22-20-8-6-5-7-17(19)20/h5-12,14,18,22H,4,13H2,1-3H3,(H,23,25). The van der Waals surface area contributed by atoms with Crippen molar-refractivity contribution in [2.24, 2.45) is 0 Å². The first-order valence-corrected chi connectivity index (χ1v) is 8.70. The van der Waals surface area contributed by atoms with Gasteiger partial charge in [0.1, 0.15) is 0 Å². The number of aromatic nitrogens is 1. The van der Waals surface area contributed by atoms with Crippen molar-refractivity contribution in [1.29, 1.82) is 0 Å². The molecule has 3 rings (SSSR count). The molecule has 4 nitrogen and oxygen atoms in total. The molecule has 0 spiro atoms. The second-order valence-electron chi connectivity index (χ2n) is 6.49. The lowest BCUT2D eigenvalue weighted by molar-refractivity contribution is -0.120. The van der Waals surface area contributed by atoms with Crippen LogP contribution in [0.5, 0.6) is 0 Å². The Morgan fingerprint density at radius 2 is 1.84 bits per heavy atom. The number of hydrogen-bond donors (Lipinski definition) is 2. The summed E-state index contributed by atoms with van der Waals surface area (Å²) in [6.45, 7) is 2.47. The first kappa shape index (κ1) is 17.1. The van der Waals surface area contributed by atoms with Crippen LogP contribution in [0.15, 0.2) is 54.7 Å². The Hall–Kier alpha value is -2.75. The number of amides is 1. The van der Waals surface area contributed by atoms with Crippen molar-refractivity contribution in [2.45, 2.75) is 19.3 Å². The minimum absolute atomic E-state index is 0.0785.